The molecular formula is C21H24Cl2FN3OS2. The van der Waals surface area contributed by atoms with Crippen LogP contribution in [-0.2, 0) is 4.79 Å². The highest BCUT2D eigenvalue weighted by molar-refractivity contribution is 8.00. The highest BCUT2D eigenvalue weighted by atomic mass is 35.5. The van der Waals surface area contributed by atoms with Crippen molar-refractivity contribution in [2.75, 3.05) is 36.8 Å². The molecular weight excluding hydrogens is 464 g/mol. The van der Waals surface area contributed by atoms with Crippen LogP contribution in [0.4, 0.5) is 9.52 Å². The van der Waals surface area contributed by atoms with Crippen LogP contribution in [0.1, 0.15) is 13.8 Å². The molecule has 0 aliphatic carbocycles. The summed E-state index contributed by atoms with van der Waals surface area (Å²) in [6.07, 6.45) is 0. The number of rotatable bonds is 9. The van der Waals surface area contributed by atoms with Gasteiger partial charge in [0.2, 0.25) is 5.91 Å². The fourth-order valence-electron chi connectivity index (χ4n) is 2.88. The average Bonchev–Trinajstić information content (AvgIpc) is 3.16. The lowest BCUT2D eigenvalue weighted by Crippen LogP contribution is -2.39. The van der Waals surface area contributed by atoms with Gasteiger partial charge in [0.15, 0.2) is 5.13 Å². The second-order valence-electron chi connectivity index (χ2n) is 6.40. The van der Waals surface area contributed by atoms with Crippen molar-refractivity contribution in [2.24, 2.45) is 0 Å². The fraction of sp³-hybridized carbons (Fsp3) is 0.333. The lowest BCUT2D eigenvalue weighted by atomic mass is 10.3. The molecule has 0 bridgehead atoms. The molecule has 2 aromatic carbocycles. The molecule has 1 heterocycles. The van der Waals surface area contributed by atoms with E-state index in [1.54, 1.807) is 11.0 Å². The molecule has 1 aromatic heterocycles. The number of fused-ring (bicyclic) bond motifs is 1. The van der Waals surface area contributed by atoms with Gasteiger partial charge in [0.05, 0.1) is 10.5 Å². The number of aromatic nitrogens is 1. The normalized spacial score (nSPS) is 11.0. The van der Waals surface area contributed by atoms with Gasteiger partial charge in [0.1, 0.15) is 11.3 Å². The molecule has 3 rings (SSSR count). The van der Waals surface area contributed by atoms with Gasteiger partial charge in [-0.2, -0.15) is 0 Å². The number of nitrogens with zero attached hydrogens (tertiary/aromatic N) is 3. The first-order valence-electron chi connectivity index (χ1n) is 9.48. The molecule has 9 heteroatoms. The summed E-state index contributed by atoms with van der Waals surface area (Å²) < 4.78 is 14.8. The summed E-state index contributed by atoms with van der Waals surface area (Å²) in [5.74, 6) is -0.133. The summed E-state index contributed by atoms with van der Waals surface area (Å²) in [7, 11) is 0. The lowest BCUT2D eigenvalue weighted by Gasteiger charge is -2.24. The summed E-state index contributed by atoms with van der Waals surface area (Å²) in [6, 6.07) is 12.3. The van der Waals surface area contributed by atoms with Gasteiger partial charge in [-0.15, -0.1) is 24.2 Å². The Morgan fingerprint density at radius 3 is 2.47 bits per heavy atom. The van der Waals surface area contributed by atoms with Gasteiger partial charge in [-0.1, -0.05) is 42.9 Å². The van der Waals surface area contributed by atoms with Crippen molar-refractivity contribution in [3.63, 3.8) is 0 Å². The number of thiazole rings is 1. The number of hydrogen-bond donors (Lipinski definition) is 0. The van der Waals surface area contributed by atoms with Crippen molar-refractivity contribution in [2.45, 2.75) is 18.7 Å². The first kappa shape index (κ1) is 24.9. The van der Waals surface area contributed by atoms with Crippen LogP contribution in [0.5, 0.6) is 0 Å². The molecule has 0 fully saturated rings. The van der Waals surface area contributed by atoms with E-state index < -0.39 is 0 Å². The minimum absolute atomic E-state index is 0. The van der Waals surface area contributed by atoms with Gasteiger partial charge >= 0.3 is 0 Å². The van der Waals surface area contributed by atoms with Crippen LogP contribution in [0.2, 0.25) is 5.02 Å². The van der Waals surface area contributed by atoms with E-state index in [0.29, 0.717) is 22.2 Å². The van der Waals surface area contributed by atoms with Crippen molar-refractivity contribution in [1.82, 2.24) is 9.88 Å². The maximum atomic E-state index is 14.1. The zero-order chi connectivity index (χ0) is 20.8. The predicted octanol–water partition coefficient (Wildman–Crippen LogP) is 5.98. The summed E-state index contributed by atoms with van der Waals surface area (Å²) >= 11 is 8.73. The fourth-order valence-corrected chi connectivity index (χ4v) is 4.80. The van der Waals surface area contributed by atoms with Gasteiger partial charge in [-0.3, -0.25) is 9.69 Å². The van der Waals surface area contributed by atoms with Crippen LogP contribution in [0.3, 0.4) is 0 Å². The summed E-state index contributed by atoms with van der Waals surface area (Å²) in [4.78, 5) is 22.4. The number of carbonyl (C=O) groups excluding carboxylic acids is 1. The van der Waals surface area contributed by atoms with Crippen molar-refractivity contribution in [1.29, 1.82) is 0 Å². The predicted molar refractivity (Wildman–Crippen MR) is 129 cm³/mol. The highest BCUT2D eigenvalue weighted by Crippen LogP contribution is 2.31. The van der Waals surface area contributed by atoms with E-state index in [0.717, 1.165) is 29.2 Å². The first-order valence-corrected chi connectivity index (χ1v) is 11.7. The second-order valence-corrected chi connectivity index (χ2v) is 8.89. The van der Waals surface area contributed by atoms with E-state index >= 15 is 0 Å². The van der Waals surface area contributed by atoms with E-state index in [9.17, 15) is 9.18 Å². The Balaban J connectivity index is 0.00000320. The van der Waals surface area contributed by atoms with Crippen molar-refractivity contribution in [3.05, 3.63) is 53.3 Å². The molecule has 162 valence electrons. The molecule has 0 saturated carbocycles. The number of carbonyl (C=O) groups is 1. The molecule has 3 aromatic rings. The molecule has 0 aliphatic heterocycles. The van der Waals surface area contributed by atoms with Crippen LogP contribution in [0.25, 0.3) is 10.2 Å². The minimum Gasteiger partial charge on any atom is -0.302 e. The van der Waals surface area contributed by atoms with E-state index in [4.69, 9.17) is 11.6 Å². The van der Waals surface area contributed by atoms with E-state index in [1.165, 1.54) is 29.2 Å². The van der Waals surface area contributed by atoms with Crippen LogP contribution < -0.4 is 4.90 Å². The molecule has 0 radical (unpaired) electrons. The number of likely N-dealkylation sites (N-methyl/N-ethyl adjacent to an activating group) is 1. The smallest absolute Gasteiger partial charge is 0.239 e. The second kappa shape index (κ2) is 11.9. The van der Waals surface area contributed by atoms with E-state index in [1.807, 2.05) is 30.3 Å². The zero-order valence-electron chi connectivity index (χ0n) is 16.8. The van der Waals surface area contributed by atoms with Crippen LogP contribution >= 0.6 is 47.1 Å². The number of thioether (sulfide) groups is 1. The molecule has 0 atom stereocenters. The number of amides is 1. The van der Waals surface area contributed by atoms with Crippen molar-refractivity contribution in [3.8, 4) is 0 Å². The van der Waals surface area contributed by atoms with Gasteiger partial charge in [0.25, 0.3) is 0 Å². The van der Waals surface area contributed by atoms with Gasteiger partial charge < -0.3 is 4.90 Å². The Hall–Kier alpha value is -1.38. The zero-order valence-corrected chi connectivity index (χ0v) is 20.0. The Morgan fingerprint density at radius 1 is 1.13 bits per heavy atom. The maximum Gasteiger partial charge on any atom is 0.239 e. The first-order chi connectivity index (χ1) is 14.0. The SMILES string of the molecule is CCN(CC)CCN(C(=O)CSc1ccc(Cl)cc1)c1nc2c(F)cccc2s1.Cl. The largest absolute Gasteiger partial charge is 0.302 e. The van der Waals surface area contributed by atoms with Gasteiger partial charge in [-0.25, -0.2) is 9.37 Å². The van der Waals surface area contributed by atoms with Gasteiger partial charge in [0, 0.05) is 23.0 Å². The Bertz CT molecular complexity index is 965. The van der Waals surface area contributed by atoms with Crippen LogP contribution in [0, 0.1) is 5.82 Å². The lowest BCUT2D eigenvalue weighted by molar-refractivity contribution is -0.116. The molecule has 0 spiro atoms. The molecule has 0 N–H and O–H groups in total. The van der Waals surface area contributed by atoms with Gasteiger partial charge in [-0.05, 0) is 49.5 Å². The molecule has 0 saturated heterocycles. The maximum absolute atomic E-state index is 14.1. The highest BCUT2D eigenvalue weighted by Gasteiger charge is 2.21. The van der Waals surface area contributed by atoms with E-state index in [2.05, 4.69) is 23.7 Å². The van der Waals surface area contributed by atoms with E-state index in [-0.39, 0.29) is 29.9 Å². The Kier molecular flexibility index (Phi) is 9.84. The van der Waals surface area contributed by atoms with Crippen molar-refractivity contribution >= 4 is 68.4 Å². The number of halogens is 3. The number of benzene rings is 2. The quantitative estimate of drug-likeness (QED) is 0.348. The number of hydrogen-bond acceptors (Lipinski definition) is 5. The van der Waals surface area contributed by atoms with Crippen LogP contribution in [0.15, 0.2) is 47.4 Å². The topological polar surface area (TPSA) is 36.4 Å². The average molecular weight is 488 g/mol. The molecule has 0 unspecified atom stereocenters. The third-order valence-electron chi connectivity index (χ3n) is 4.60. The molecule has 0 aliphatic rings. The Morgan fingerprint density at radius 2 is 1.83 bits per heavy atom. The molecule has 1 amide bonds. The monoisotopic (exact) mass is 487 g/mol. The number of para-hydroxylation sites is 1. The number of anilines is 1. The summed E-state index contributed by atoms with van der Waals surface area (Å²) in [6.45, 7) is 7.27. The third kappa shape index (κ3) is 6.31. The Labute approximate surface area is 195 Å². The molecule has 30 heavy (non-hydrogen) atoms. The van der Waals surface area contributed by atoms with Crippen molar-refractivity contribution < 1.29 is 9.18 Å². The minimum atomic E-state index is -0.364. The third-order valence-corrected chi connectivity index (χ3v) is 6.89. The summed E-state index contributed by atoms with van der Waals surface area (Å²) in [5, 5.41) is 1.21. The van der Waals surface area contributed by atoms with Crippen LogP contribution in [-0.4, -0.2) is 47.7 Å². The molecule has 4 nitrogen and oxygen atoms in total. The standard InChI is InChI=1S/C21H23ClFN3OS2.ClH/c1-3-25(4-2)12-13-26(19(27)14-28-16-10-8-15(22)9-11-16)21-24-20-17(23)6-5-7-18(20)29-21;/h5-11H,3-4,12-14H2,1-2H3;1H. The summed E-state index contributed by atoms with van der Waals surface area (Å²) in [5.41, 5.74) is 0.318.